The Hall–Kier alpha value is -4.31. The van der Waals surface area contributed by atoms with Gasteiger partial charge in [0.05, 0.1) is 5.37 Å². The Morgan fingerprint density at radius 3 is 1.70 bits per heavy atom. The molecule has 0 radical (unpaired) electrons. The fourth-order valence-electron chi connectivity index (χ4n) is 7.39. The van der Waals surface area contributed by atoms with Gasteiger partial charge in [-0.15, -0.1) is 11.8 Å². The first-order chi connectivity index (χ1) is 21.3. The van der Waals surface area contributed by atoms with E-state index >= 15 is 0 Å². The number of hydrogen-bond acceptors (Lipinski definition) is 2. The molecule has 43 heavy (non-hydrogen) atoms. The minimum Gasteiger partial charge on any atom is -0.328 e. The molecule has 0 spiro atoms. The summed E-state index contributed by atoms with van der Waals surface area (Å²) in [5.41, 5.74) is 6.69. The van der Waals surface area contributed by atoms with Gasteiger partial charge in [-0.2, -0.15) is 20.7 Å². The minimum atomic E-state index is -2.52. The lowest BCUT2D eigenvalue weighted by atomic mass is 9.99. The predicted molar refractivity (Wildman–Crippen MR) is 188 cm³/mol. The van der Waals surface area contributed by atoms with Gasteiger partial charge in [0.15, 0.2) is 0 Å². The Balaban J connectivity index is 1.23. The summed E-state index contributed by atoms with van der Waals surface area (Å²) in [6.07, 6.45) is 1.26. The second kappa shape index (κ2) is 11.1. The zero-order chi connectivity index (χ0) is 28.6. The van der Waals surface area contributed by atoms with Crippen LogP contribution in [-0.2, 0) is 0 Å². The Labute approximate surface area is 259 Å². The molecular formula is C40H33NSSi-. The minimum absolute atomic E-state index is 0.490. The maximum Gasteiger partial charge on any atom is 0.0868 e. The van der Waals surface area contributed by atoms with Gasteiger partial charge in [-0.05, 0) is 55.1 Å². The SMILES string of the molecule is c1ccc([Si-](c2ccccc2)(c2ccccc2)c2ccc(-c3cccc(N4c5ccccc5C5CCSC54)c3)cc2)cc1. The maximum atomic E-state index is 2.59. The highest BCUT2D eigenvalue weighted by Crippen LogP contribution is 2.54. The van der Waals surface area contributed by atoms with Crippen molar-refractivity contribution in [2.45, 2.75) is 17.7 Å². The maximum absolute atomic E-state index is 2.59. The first-order valence-electron chi connectivity index (χ1n) is 15.2. The molecule has 8 rings (SSSR count). The second-order valence-corrected chi connectivity index (χ2v) is 16.6. The third kappa shape index (κ3) is 4.38. The Bertz CT molecular complexity index is 1760. The van der Waals surface area contributed by atoms with Gasteiger partial charge in [-0.1, -0.05) is 146 Å². The van der Waals surface area contributed by atoms with Crippen LogP contribution in [0.15, 0.2) is 164 Å². The van der Waals surface area contributed by atoms with Crippen LogP contribution in [0.4, 0.5) is 11.4 Å². The van der Waals surface area contributed by atoms with Gasteiger partial charge in [0.1, 0.15) is 0 Å². The highest BCUT2D eigenvalue weighted by molar-refractivity contribution is 8.00. The van der Waals surface area contributed by atoms with E-state index in [1.54, 1.807) is 0 Å². The third-order valence-corrected chi connectivity index (χ3v) is 15.5. The summed E-state index contributed by atoms with van der Waals surface area (Å²) < 4.78 is 0. The monoisotopic (exact) mass is 587 g/mol. The van der Waals surface area contributed by atoms with Crippen molar-refractivity contribution in [3.8, 4) is 11.1 Å². The molecule has 2 aliphatic heterocycles. The van der Waals surface area contributed by atoms with E-state index in [4.69, 9.17) is 0 Å². The van der Waals surface area contributed by atoms with E-state index in [9.17, 15) is 0 Å². The lowest BCUT2D eigenvalue weighted by molar-refractivity contribution is 0.709. The fraction of sp³-hybridized carbons (Fsp3) is 0.100. The second-order valence-electron chi connectivity index (χ2n) is 11.6. The summed E-state index contributed by atoms with van der Waals surface area (Å²) in [5, 5.41) is 6.09. The van der Waals surface area contributed by atoms with Gasteiger partial charge in [-0.25, -0.2) is 0 Å². The zero-order valence-corrected chi connectivity index (χ0v) is 25.8. The summed E-state index contributed by atoms with van der Waals surface area (Å²) in [5.74, 6) is 1.85. The van der Waals surface area contributed by atoms with Crippen LogP contribution >= 0.6 is 11.8 Å². The zero-order valence-electron chi connectivity index (χ0n) is 24.0. The number of thioether (sulfide) groups is 1. The average molecular weight is 588 g/mol. The summed E-state index contributed by atoms with van der Waals surface area (Å²) in [4.78, 5) is 2.59. The molecule has 1 nitrogen and oxygen atoms in total. The van der Waals surface area contributed by atoms with Crippen LogP contribution in [0.5, 0.6) is 0 Å². The van der Waals surface area contributed by atoms with Crippen molar-refractivity contribution in [2.75, 3.05) is 10.7 Å². The van der Waals surface area contributed by atoms with Gasteiger partial charge in [-0.3, -0.25) is 0 Å². The molecule has 2 unspecified atom stereocenters. The summed E-state index contributed by atoms with van der Waals surface area (Å²) in [6.45, 7) is 0. The van der Waals surface area contributed by atoms with Crippen molar-refractivity contribution < 1.29 is 0 Å². The van der Waals surface area contributed by atoms with Crippen molar-refractivity contribution in [1.29, 1.82) is 0 Å². The van der Waals surface area contributed by atoms with Crippen molar-refractivity contribution in [2.24, 2.45) is 0 Å². The first kappa shape index (κ1) is 26.3. The molecule has 6 aromatic rings. The van der Waals surface area contributed by atoms with Gasteiger partial charge in [0.2, 0.25) is 0 Å². The van der Waals surface area contributed by atoms with Crippen LogP contribution in [-0.4, -0.2) is 19.2 Å². The molecule has 0 amide bonds. The van der Waals surface area contributed by atoms with Crippen LogP contribution < -0.4 is 25.6 Å². The first-order valence-corrected chi connectivity index (χ1v) is 18.3. The van der Waals surface area contributed by atoms with E-state index in [0.29, 0.717) is 11.3 Å². The number of para-hydroxylation sites is 1. The lowest BCUT2D eigenvalue weighted by Crippen LogP contribution is -2.74. The van der Waals surface area contributed by atoms with E-state index in [-0.39, 0.29) is 0 Å². The number of benzene rings is 6. The quantitative estimate of drug-likeness (QED) is 0.147. The molecule has 0 bridgehead atoms. The molecule has 2 aliphatic rings. The summed E-state index contributed by atoms with van der Waals surface area (Å²) >= 11 is 2.10. The number of fused-ring (bicyclic) bond motifs is 3. The topological polar surface area (TPSA) is 3.24 Å². The van der Waals surface area contributed by atoms with Crippen LogP contribution in [0.3, 0.4) is 0 Å². The van der Waals surface area contributed by atoms with E-state index in [1.807, 2.05) is 0 Å². The summed E-state index contributed by atoms with van der Waals surface area (Å²) in [6, 6.07) is 61.1. The number of rotatable bonds is 6. The van der Waals surface area contributed by atoms with Crippen LogP contribution in [0.25, 0.3) is 11.1 Å². The van der Waals surface area contributed by atoms with Crippen molar-refractivity contribution in [3.05, 3.63) is 169 Å². The molecule has 1 saturated heterocycles. The number of hydrogen-bond donors (Lipinski definition) is 0. The molecule has 3 heteroatoms. The van der Waals surface area contributed by atoms with Gasteiger partial charge < -0.3 is 4.90 Å². The highest BCUT2D eigenvalue weighted by atomic mass is 32.2. The largest absolute Gasteiger partial charge is 0.328 e. The van der Waals surface area contributed by atoms with Gasteiger partial charge >= 0.3 is 0 Å². The summed E-state index contributed by atoms with van der Waals surface area (Å²) in [7, 11) is -2.52. The third-order valence-electron chi connectivity index (χ3n) is 9.31. The number of nitrogens with zero attached hydrogens (tertiary/aromatic N) is 1. The molecule has 2 heterocycles. The van der Waals surface area contributed by atoms with E-state index in [1.165, 1.54) is 61.0 Å². The van der Waals surface area contributed by atoms with Crippen molar-refractivity contribution in [3.63, 3.8) is 0 Å². The van der Waals surface area contributed by atoms with E-state index < -0.39 is 8.07 Å². The molecule has 0 N–H and O–H groups in total. The van der Waals surface area contributed by atoms with Crippen LogP contribution in [0.2, 0.25) is 0 Å². The molecule has 6 aromatic carbocycles. The van der Waals surface area contributed by atoms with E-state index in [0.717, 1.165) is 0 Å². The molecule has 209 valence electrons. The Morgan fingerprint density at radius 2 is 1.07 bits per heavy atom. The molecule has 2 atom stereocenters. The molecule has 1 fully saturated rings. The van der Waals surface area contributed by atoms with Crippen molar-refractivity contribution >= 4 is 52.0 Å². The van der Waals surface area contributed by atoms with Gasteiger partial charge in [0.25, 0.3) is 0 Å². The average Bonchev–Trinajstić information content (AvgIpc) is 3.68. The standard InChI is InChI=1S/C40H33NSSi/c1-4-15-33(16-5-1)43(34-17-6-2-7-18-34,35-19-8-3-9-20-35)36-25-23-30(24-26-36)31-13-12-14-32(29-31)41-39-22-11-10-21-37(39)38-27-28-42-40(38)41/h1-26,29,38,40H,27-28H2/q-1. The highest BCUT2D eigenvalue weighted by Gasteiger charge is 2.42. The molecule has 0 aliphatic carbocycles. The fourth-order valence-corrected chi connectivity index (χ4v) is 13.7. The van der Waals surface area contributed by atoms with Gasteiger partial charge in [0, 0.05) is 17.3 Å². The van der Waals surface area contributed by atoms with Crippen LogP contribution in [0.1, 0.15) is 17.9 Å². The molecule has 0 saturated carbocycles. The lowest BCUT2D eigenvalue weighted by Gasteiger charge is -2.47. The molecule has 0 aromatic heterocycles. The van der Waals surface area contributed by atoms with E-state index in [2.05, 4.69) is 180 Å². The number of anilines is 2. The Morgan fingerprint density at radius 1 is 0.512 bits per heavy atom. The van der Waals surface area contributed by atoms with Crippen LogP contribution in [0, 0.1) is 0 Å². The smallest absolute Gasteiger partial charge is 0.0868 e. The Kier molecular flexibility index (Phi) is 6.78. The normalized spacial score (nSPS) is 17.4. The molecular weight excluding hydrogens is 555 g/mol. The predicted octanol–water partition coefficient (Wildman–Crippen LogP) is 7.43. The van der Waals surface area contributed by atoms with Crippen molar-refractivity contribution in [1.82, 2.24) is 0 Å².